The van der Waals surface area contributed by atoms with E-state index < -0.39 is 0 Å². The SMILES string of the molecule is N#C/C(=C/NC1CCN(Cc2ccccc2)CC1)C(=O)N1CCCc2ccccc21. The highest BCUT2D eigenvalue weighted by Gasteiger charge is 2.25. The first-order valence-corrected chi connectivity index (χ1v) is 10.8. The molecule has 2 aliphatic heterocycles. The maximum Gasteiger partial charge on any atom is 0.270 e. The fourth-order valence-corrected chi connectivity index (χ4v) is 4.33. The summed E-state index contributed by atoms with van der Waals surface area (Å²) in [5, 5.41) is 12.9. The zero-order chi connectivity index (χ0) is 20.8. The molecule has 2 aromatic rings. The van der Waals surface area contributed by atoms with Crippen molar-refractivity contribution in [3.05, 3.63) is 77.5 Å². The van der Waals surface area contributed by atoms with Gasteiger partial charge in [0, 0.05) is 44.1 Å². The quantitative estimate of drug-likeness (QED) is 0.615. The Hall–Kier alpha value is -3.10. The lowest BCUT2D eigenvalue weighted by molar-refractivity contribution is -0.114. The van der Waals surface area contributed by atoms with Gasteiger partial charge in [0.15, 0.2) is 0 Å². The smallest absolute Gasteiger partial charge is 0.270 e. The topological polar surface area (TPSA) is 59.4 Å². The first-order chi connectivity index (χ1) is 14.7. The molecule has 5 nitrogen and oxygen atoms in total. The maximum absolute atomic E-state index is 13.0. The first-order valence-electron chi connectivity index (χ1n) is 10.8. The molecule has 4 rings (SSSR count). The van der Waals surface area contributed by atoms with Crippen LogP contribution in [-0.4, -0.2) is 36.5 Å². The molecule has 30 heavy (non-hydrogen) atoms. The molecule has 5 heteroatoms. The van der Waals surface area contributed by atoms with Crippen LogP contribution in [0.3, 0.4) is 0 Å². The number of nitriles is 1. The zero-order valence-electron chi connectivity index (χ0n) is 17.3. The van der Waals surface area contributed by atoms with Crippen LogP contribution in [-0.2, 0) is 17.8 Å². The lowest BCUT2D eigenvalue weighted by atomic mass is 10.0. The van der Waals surface area contributed by atoms with Crippen molar-refractivity contribution in [2.24, 2.45) is 0 Å². The lowest BCUT2D eigenvalue weighted by Crippen LogP contribution is -2.41. The number of amides is 1. The summed E-state index contributed by atoms with van der Waals surface area (Å²) in [6.45, 7) is 3.65. The summed E-state index contributed by atoms with van der Waals surface area (Å²) >= 11 is 0. The highest BCUT2D eigenvalue weighted by molar-refractivity contribution is 6.08. The normalized spacial score (nSPS) is 17.8. The summed E-state index contributed by atoms with van der Waals surface area (Å²) in [5.41, 5.74) is 3.62. The van der Waals surface area contributed by atoms with Crippen LogP contribution >= 0.6 is 0 Å². The van der Waals surface area contributed by atoms with Gasteiger partial charge in [-0.3, -0.25) is 9.69 Å². The average Bonchev–Trinajstić information content (AvgIpc) is 2.80. The maximum atomic E-state index is 13.0. The van der Waals surface area contributed by atoms with E-state index in [2.05, 4.69) is 46.6 Å². The minimum Gasteiger partial charge on any atom is -0.387 e. The number of aryl methyl sites for hydroxylation is 1. The Balaban J connectivity index is 1.33. The molecule has 2 heterocycles. The van der Waals surface area contributed by atoms with Crippen LogP contribution in [0.25, 0.3) is 0 Å². The Labute approximate surface area is 178 Å². The van der Waals surface area contributed by atoms with E-state index >= 15 is 0 Å². The predicted molar refractivity (Wildman–Crippen MR) is 119 cm³/mol. The van der Waals surface area contributed by atoms with E-state index in [-0.39, 0.29) is 11.5 Å². The number of fused-ring (bicyclic) bond motifs is 1. The van der Waals surface area contributed by atoms with Gasteiger partial charge in [-0.05, 0) is 42.9 Å². The summed E-state index contributed by atoms with van der Waals surface area (Å²) in [5.74, 6) is -0.210. The molecule has 1 fully saturated rings. The van der Waals surface area contributed by atoms with Crippen molar-refractivity contribution in [1.82, 2.24) is 10.2 Å². The molecule has 0 spiro atoms. The van der Waals surface area contributed by atoms with Gasteiger partial charge in [0.2, 0.25) is 0 Å². The van der Waals surface area contributed by atoms with Crippen LogP contribution < -0.4 is 10.2 Å². The van der Waals surface area contributed by atoms with E-state index in [1.165, 1.54) is 11.1 Å². The van der Waals surface area contributed by atoms with Gasteiger partial charge in [-0.15, -0.1) is 0 Å². The van der Waals surface area contributed by atoms with Gasteiger partial charge in [-0.25, -0.2) is 0 Å². The highest BCUT2D eigenvalue weighted by atomic mass is 16.2. The Bertz CT molecular complexity index is 939. The number of rotatable bonds is 5. The van der Waals surface area contributed by atoms with Gasteiger partial charge in [0.05, 0.1) is 0 Å². The molecule has 1 N–H and O–H groups in total. The number of hydrogen-bond donors (Lipinski definition) is 1. The first kappa shape index (κ1) is 20.2. The third-order valence-corrected chi connectivity index (χ3v) is 6.01. The number of benzene rings is 2. The Morgan fingerprint density at radius 3 is 2.57 bits per heavy atom. The zero-order valence-corrected chi connectivity index (χ0v) is 17.3. The second kappa shape index (κ2) is 9.60. The van der Waals surface area contributed by atoms with Crippen molar-refractivity contribution < 1.29 is 4.79 Å². The van der Waals surface area contributed by atoms with Gasteiger partial charge in [0.1, 0.15) is 11.6 Å². The number of piperidine rings is 1. The molecular weight excluding hydrogens is 372 g/mol. The van der Waals surface area contributed by atoms with Gasteiger partial charge in [-0.2, -0.15) is 5.26 Å². The summed E-state index contributed by atoms with van der Waals surface area (Å²) in [4.78, 5) is 17.2. The number of likely N-dealkylation sites (tertiary alicyclic amines) is 1. The molecule has 1 amide bonds. The molecule has 0 bridgehead atoms. The van der Waals surface area contributed by atoms with Crippen LogP contribution in [0.4, 0.5) is 5.69 Å². The molecule has 0 atom stereocenters. The Kier molecular flexibility index (Phi) is 6.46. The summed E-state index contributed by atoms with van der Waals surface area (Å²) in [6, 6.07) is 20.9. The van der Waals surface area contributed by atoms with E-state index in [0.717, 1.165) is 51.0 Å². The lowest BCUT2D eigenvalue weighted by Gasteiger charge is -2.32. The molecule has 0 unspecified atom stereocenters. The fourth-order valence-electron chi connectivity index (χ4n) is 4.33. The van der Waals surface area contributed by atoms with Gasteiger partial charge in [0.25, 0.3) is 5.91 Å². The van der Waals surface area contributed by atoms with Crippen LogP contribution in [0.1, 0.15) is 30.4 Å². The van der Waals surface area contributed by atoms with E-state index in [1.807, 2.05) is 24.3 Å². The van der Waals surface area contributed by atoms with E-state index in [1.54, 1.807) is 11.1 Å². The van der Waals surface area contributed by atoms with Crippen LogP contribution in [0.5, 0.6) is 0 Å². The monoisotopic (exact) mass is 400 g/mol. The molecule has 0 aromatic heterocycles. The Morgan fingerprint density at radius 2 is 1.80 bits per heavy atom. The highest BCUT2D eigenvalue weighted by Crippen LogP contribution is 2.27. The van der Waals surface area contributed by atoms with Crippen molar-refractivity contribution >= 4 is 11.6 Å². The van der Waals surface area contributed by atoms with Gasteiger partial charge >= 0.3 is 0 Å². The fraction of sp³-hybridized carbons (Fsp3) is 0.360. The van der Waals surface area contributed by atoms with Crippen LogP contribution in [0, 0.1) is 11.3 Å². The largest absolute Gasteiger partial charge is 0.387 e. The molecule has 1 saturated heterocycles. The van der Waals surface area contributed by atoms with E-state index in [4.69, 9.17) is 0 Å². The molecule has 154 valence electrons. The third-order valence-electron chi connectivity index (χ3n) is 6.01. The number of para-hydroxylation sites is 1. The van der Waals surface area contributed by atoms with Crippen LogP contribution in [0.2, 0.25) is 0 Å². The number of anilines is 1. The van der Waals surface area contributed by atoms with Crippen molar-refractivity contribution in [3.63, 3.8) is 0 Å². The van der Waals surface area contributed by atoms with Crippen molar-refractivity contribution in [2.45, 2.75) is 38.3 Å². The summed E-state index contributed by atoms with van der Waals surface area (Å²) in [7, 11) is 0. The number of hydrogen-bond acceptors (Lipinski definition) is 4. The molecule has 0 aliphatic carbocycles. The second-order valence-electron chi connectivity index (χ2n) is 8.06. The van der Waals surface area contributed by atoms with Crippen LogP contribution in [0.15, 0.2) is 66.4 Å². The number of nitrogens with one attached hydrogen (secondary N) is 1. The van der Waals surface area contributed by atoms with Gasteiger partial charge in [-0.1, -0.05) is 48.5 Å². The minimum atomic E-state index is -0.210. The predicted octanol–water partition coefficient (Wildman–Crippen LogP) is 3.63. The molecule has 2 aromatic carbocycles. The van der Waals surface area contributed by atoms with Crippen molar-refractivity contribution in [3.8, 4) is 6.07 Å². The standard InChI is InChI=1S/C25H28N4O/c26-17-22(25(30)29-14-6-10-21-9-4-5-11-24(21)29)18-27-23-12-15-28(16-13-23)19-20-7-2-1-3-8-20/h1-5,7-9,11,18,23,27H,6,10,12-16,19H2/b22-18-. The molecule has 0 saturated carbocycles. The number of carbonyl (C=O) groups excluding carboxylic acids is 1. The third kappa shape index (κ3) is 4.72. The second-order valence-corrected chi connectivity index (χ2v) is 8.06. The number of nitrogens with zero attached hydrogens (tertiary/aromatic N) is 3. The minimum absolute atomic E-state index is 0.179. The Morgan fingerprint density at radius 1 is 1.07 bits per heavy atom. The molecular formula is C25H28N4O. The van der Waals surface area contributed by atoms with E-state index in [9.17, 15) is 10.1 Å². The molecule has 0 radical (unpaired) electrons. The van der Waals surface area contributed by atoms with Crippen molar-refractivity contribution in [1.29, 1.82) is 5.26 Å². The number of carbonyl (C=O) groups is 1. The van der Waals surface area contributed by atoms with Gasteiger partial charge < -0.3 is 10.2 Å². The molecule has 2 aliphatic rings. The summed E-state index contributed by atoms with van der Waals surface area (Å²) in [6.07, 6.45) is 5.54. The van der Waals surface area contributed by atoms with Crippen molar-refractivity contribution in [2.75, 3.05) is 24.5 Å². The average molecular weight is 401 g/mol. The summed E-state index contributed by atoms with van der Waals surface area (Å²) < 4.78 is 0. The van der Waals surface area contributed by atoms with E-state index in [0.29, 0.717) is 12.6 Å².